The Morgan fingerprint density at radius 1 is 1.12 bits per heavy atom. The summed E-state index contributed by atoms with van der Waals surface area (Å²) in [5.74, 6) is -0.507. The Balaban J connectivity index is 2.06. The Hall–Kier alpha value is -2.34. The third-order valence-electron chi connectivity index (χ3n) is 3.42. The van der Waals surface area contributed by atoms with E-state index in [9.17, 15) is 9.59 Å². The first-order chi connectivity index (χ1) is 11.8. The molecule has 0 aliphatic carbocycles. The van der Waals surface area contributed by atoms with Crippen LogP contribution in [-0.4, -0.2) is 30.8 Å². The highest BCUT2D eigenvalue weighted by Gasteiger charge is 2.25. The van der Waals surface area contributed by atoms with E-state index in [1.807, 2.05) is 29.6 Å². The summed E-state index contributed by atoms with van der Waals surface area (Å²) in [6.07, 6.45) is -0.312. The van der Waals surface area contributed by atoms with Gasteiger partial charge in [-0.25, -0.2) is 9.59 Å². The lowest BCUT2D eigenvalue weighted by Crippen LogP contribution is -2.45. The van der Waals surface area contributed by atoms with Gasteiger partial charge in [-0.2, -0.15) is 11.3 Å². The van der Waals surface area contributed by atoms with Gasteiger partial charge in [0, 0.05) is 6.42 Å². The van der Waals surface area contributed by atoms with Crippen LogP contribution in [0.4, 0.5) is 4.79 Å². The van der Waals surface area contributed by atoms with Crippen molar-refractivity contribution in [3.63, 3.8) is 0 Å². The molecule has 0 aliphatic heterocycles. The Labute approximate surface area is 152 Å². The van der Waals surface area contributed by atoms with E-state index in [0.717, 1.165) is 16.7 Å². The zero-order valence-electron chi connectivity index (χ0n) is 14.9. The second kappa shape index (κ2) is 8.16. The highest BCUT2D eigenvalue weighted by atomic mass is 32.1. The van der Waals surface area contributed by atoms with Crippen LogP contribution in [0.3, 0.4) is 0 Å². The predicted molar refractivity (Wildman–Crippen MR) is 98.6 cm³/mol. The van der Waals surface area contributed by atoms with Crippen LogP contribution in [0.25, 0.3) is 11.1 Å². The normalized spacial score (nSPS) is 12.3. The number of rotatable bonds is 5. The standard InChI is InChI=1S/C19H23NO4S/c1-19(2,3)24-18(22)20-16(17(21)23-4)11-13-5-7-14(8-6-13)15-9-10-25-12-15/h5-10,12,16H,11H2,1-4H3,(H,20,22)/t16-/m1/s1. The highest BCUT2D eigenvalue weighted by Crippen LogP contribution is 2.22. The number of esters is 1. The largest absolute Gasteiger partial charge is 0.467 e. The van der Waals surface area contributed by atoms with Crippen molar-refractivity contribution in [2.75, 3.05) is 7.11 Å². The number of alkyl carbamates (subject to hydrolysis) is 1. The van der Waals surface area contributed by atoms with E-state index in [0.29, 0.717) is 6.42 Å². The summed E-state index contributed by atoms with van der Waals surface area (Å²) in [7, 11) is 1.30. The molecule has 0 spiro atoms. The molecule has 0 fully saturated rings. The third-order valence-corrected chi connectivity index (χ3v) is 4.11. The molecule has 1 N–H and O–H groups in total. The summed E-state index contributed by atoms with van der Waals surface area (Å²) in [5, 5.41) is 6.69. The molecule has 0 saturated heterocycles. The number of hydrogen-bond acceptors (Lipinski definition) is 5. The minimum atomic E-state index is -0.799. The fourth-order valence-electron chi connectivity index (χ4n) is 2.28. The molecule has 2 aromatic rings. The molecule has 5 nitrogen and oxygen atoms in total. The molecule has 0 bridgehead atoms. The number of nitrogens with one attached hydrogen (secondary N) is 1. The molecule has 1 amide bonds. The number of benzene rings is 1. The van der Waals surface area contributed by atoms with Crippen LogP contribution in [0, 0.1) is 0 Å². The van der Waals surface area contributed by atoms with Crippen LogP contribution in [0.1, 0.15) is 26.3 Å². The summed E-state index contributed by atoms with van der Waals surface area (Å²) >= 11 is 1.64. The number of ether oxygens (including phenoxy) is 2. The molecular weight excluding hydrogens is 338 g/mol. The zero-order chi connectivity index (χ0) is 18.4. The third kappa shape index (κ3) is 5.90. The van der Waals surface area contributed by atoms with Crippen molar-refractivity contribution in [3.8, 4) is 11.1 Å². The Bertz CT molecular complexity index is 702. The first-order valence-electron chi connectivity index (χ1n) is 7.97. The van der Waals surface area contributed by atoms with Gasteiger partial charge in [0.2, 0.25) is 0 Å². The number of carbonyl (C=O) groups excluding carboxylic acids is 2. The maximum atomic E-state index is 12.0. The molecule has 0 aliphatic rings. The molecule has 134 valence electrons. The van der Waals surface area contributed by atoms with Crippen molar-refractivity contribution in [2.24, 2.45) is 0 Å². The van der Waals surface area contributed by atoms with Crippen molar-refractivity contribution in [1.29, 1.82) is 0 Å². The minimum absolute atomic E-state index is 0.329. The second-order valence-corrected chi connectivity index (χ2v) is 7.42. The summed E-state index contributed by atoms with van der Waals surface area (Å²) in [6.45, 7) is 5.30. The minimum Gasteiger partial charge on any atom is -0.467 e. The average Bonchev–Trinajstić information content (AvgIpc) is 3.07. The Morgan fingerprint density at radius 3 is 2.32 bits per heavy atom. The van der Waals surface area contributed by atoms with Crippen LogP contribution in [-0.2, 0) is 20.7 Å². The molecule has 0 unspecified atom stereocenters. The highest BCUT2D eigenvalue weighted by molar-refractivity contribution is 7.08. The molecule has 1 aromatic carbocycles. The smallest absolute Gasteiger partial charge is 0.408 e. The number of thiophene rings is 1. The lowest BCUT2D eigenvalue weighted by atomic mass is 10.0. The lowest BCUT2D eigenvalue weighted by molar-refractivity contribution is -0.143. The number of hydrogen-bond donors (Lipinski definition) is 1. The van der Waals surface area contributed by atoms with Crippen molar-refractivity contribution in [2.45, 2.75) is 38.8 Å². The first-order valence-corrected chi connectivity index (χ1v) is 8.91. The fraction of sp³-hybridized carbons (Fsp3) is 0.368. The van der Waals surface area contributed by atoms with Crippen molar-refractivity contribution in [1.82, 2.24) is 5.32 Å². The molecule has 25 heavy (non-hydrogen) atoms. The van der Waals surface area contributed by atoms with Crippen LogP contribution in [0.2, 0.25) is 0 Å². The van der Waals surface area contributed by atoms with Crippen molar-refractivity contribution >= 4 is 23.4 Å². The van der Waals surface area contributed by atoms with Crippen molar-refractivity contribution in [3.05, 3.63) is 46.7 Å². The summed E-state index contributed by atoms with van der Waals surface area (Å²) < 4.78 is 10.0. The van der Waals surface area contributed by atoms with Gasteiger partial charge < -0.3 is 14.8 Å². The van der Waals surface area contributed by atoms with E-state index in [1.54, 1.807) is 32.1 Å². The van der Waals surface area contributed by atoms with Crippen LogP contribution < -0.4 is 5.32 Å². The second-order valence-electron chi connectivity index (χ2n) is 6.64. The average molecular weight is 361 g/mol. The van der Waals surface area contributed by atoms with E-state index in [-0.39, 0.29) is 0 Å². The molecule has 0 radical (unpaired) electrons. The maximum absolute atomic E-state index is 12.0. The zero-order valence-corrected chi connectivity index (χ0v) is 15.7. The van der Waals surface area contributed by atoms with Gasteiger partial charge in [-0.05, 0) is 54.3 Å². The molecule has 0 saturated carbocycles. The van der Waals surface area contributed by atoms with Crippen LogP contribution in [0.15, 0.2) is 41.1 Å². The summed E-state index contributed by atoms with van der Waals surface area (Å²) in [5.41, 5.74) is 2.56. The van der Waals surface area contributed by atoms with Gasteiger partial charge in [-0.1, -0.05) is 24.3 Å². The summed E-state index contributed by atoms with van der Waals surface area (Å²) in [4.78, 5) is 23.9. The van der Waals surface area contributed by atoms with Gasteiger partial charge >= 0.3 is 12.1 Å². The van der Waals surface area contributed by atoms with E-state index in [1.165, 1.54) is 7.11 Å². The van der Waals surface area contributed by atoms with E-state index < -0.39 is 23.7 Å². The molecule has 6 heteroatoms. The SMILES string of the molecule is COC(=O)[C@@H](Cc1ccc(-c2ccsc2)cc1)NC(=O)OC(C)(C)C. The van der Waals surface area contributed by atoms with Gasteiger partial charge in [0.15, 0.2) is 0 Å². The van der Waals surface area contributed by atoms with Crippen LogP contribution >= 0.6 is 11.3 Å². The van der Waals surface area contributed by atoms with Gasteiger partial charge in [0.25, 0.3) is 0 Å². The Morgan fingerprint density at radius 2 is 1.80 bits per heavy atom. The molecular formula is C19H23NO4S. The van der Waals surface area contributed by atoms with Crippen molar-refractivity contribution < 1.29 is 19.1 Å². The van der Waals surface area contributed by atoms with Crippen LogP contribution in [0.5, 0.6) is 0 Å². The van der Waals surface area contributed by atoms with E-state index >= 15 is 0 Å². The molecule has 1 heterocycles. The van der Waals surface area contributed by atoms with Gasteiger partial charge in [-0.3, -0.25) is 0 Å². The lowest BCUT2D eigenvalue weighted by Gasteiger charge is -2.22. The number of carbonyl (C=O) groups is 2. The molecule has 2 rings (SSSR count). The predicted octanol–water partition coefficient (Wildman–Crippen LogP) is 4.02. The topological polar surface area (TPSA) is 64.6 Å². The number of methoxy groups -OCH3 is 1. The maximum Gasteiger partial charge on any atom is 0.408 e. The van der Waals surface area contributed by atoms with Gasteiger partial charge in [0.05, 0.1) is 7.11 Å². The quantitative estimate of drug-likeness (QED) is 0.817. The summed E-state index contributed by atoms with van der Waals surface area (Å²) in [6, 6.07) is 9.14. The number of amides is 1. The van der Waals surface area contributed by atoms with Gasteiger partial charge in [0.1, 0.15) is 11.6 Å². The van der Waals surface area contributed by atoms with E-state index in [4.69, 9.17) is 9.47 Å². The first kappa shape index (κ1) is 19.0. The molecule has 1 aromatic heterocycles. The van der Waals surface area contributed by atoms with Gasteiger partial charge in [-0.15, -0.1) is 0 Å². The van der Waals surface area contributed by atoms with E-state index in [2.05, 4.69) is 16.8 Å². The monoisotopic (exact) mass is 361 g/mol. The fourth-order valence-corrected chi connectivity index (χ4v) is 2.95. The Kier molecular flexibility index (Phi) is 6.20. The molecule has 1 atom stereocenters.